The van der Waals surface area contributed by atoms with E-state index in [1.165, 1.54) is 0 Å². The van der Waals surface area contributed by atoms with Gasteiger partial charge in [-0.1, -0.05) is 6.07 Å². The van der Waals surface area contributed by atoms with Gasteiger partial charge in [0, 0.05) is 37.3 Å². The molecule has 2 aromatic heterocycles. The van der Waals surface area contributed by atoms with E-state index < -0.39 is 0 Å². The van der Waals surface area contributed by atoms with Crippen molar-refractivity contribution in [2.45, 2.75) is 6.92 Å². The average Bonchev–Trinajstić information content (AvgIpc) is 2.40. The highest BCUT2D eigenvalue weighted by Crippen LogP contribution is 2.15. The van der Waals surface area contributed by atoms with Crippen molar-refractivity contribution in [3.05, 3.63) is 36.3 Å². The third-order valence-corrected chi connectivity index (χ3v) is 2.43. The number of hydrogen-bond acceptors (Lipinski definition) is 5. The molecule has 5 nitrogen and oxygen atoms in total. The van der Waals surface area contributed by atoms with Crippen LogP contribution in [0.2, 0.25) is 0 Å². The van der Waals surface area contributed by atoms with Crippen molar-refractivity contribution in [1.82, 2.24) is 15.0 Å². The molecule has 2 heterocycles. The molecule has 0 radical (unpaired) electrons. The number of rotatable bonds is 5. The Morgan fingerprint density at radius 2 is 2.00 bits per heavy atom. The third-order valence-electron chi connectivity index (χ3n) is 2.43. The number of nitrogens with zero attached hydrogens (tertiary/aromatic N) is 3. The SMILES string of the molecule is COCCNc1ncc(-c2cccc(C)n2)cn1. The highest BCUT2D eigenvalue weighted by Gasteiger charge is 2.01. The zero-order chi connectivity index (χ0) is 12.8. The van der Waals surface area contributed by atoms with Crippen molar-refractivity contribution < 1.29 is 4.74 Å². The first-order valence-electron chi connectivity index (χ1n) is 5.78. The number of aromatic nitrogens is 3. The second kappa shape index (κ2) is 6.07. The van der Waals surface area contributed by atoms with E-state index in [-0.39, 0.29) is 0 Å². The van der Waals surface area contributed by atoms with Crippen LogP contribution in [0.1, 0.15) is 5.69 Å². The Kier molecular flexibility index (Phi) is 4.20. The molecule has 0 aliphatic heterocycles. The molecule has 0 saturated carbocycles. The van der Waals surface area contributed by atoms with E-state index in [0.29, 0.717) is 19.1 Å². The van der Waals surface area contributed by atoms with Crippen LogP contribution in [0.15, 0.2) is 30.6 Å². The Morgan fingerprint density at radius 3 is 2.67 bits per heavy atom. The first-order chi connectivity index (χ1) is 8.79. The zero-order valence-electron chi connectivity index (χ0n) is 10.6. The summed E-state index contributed by atoms with van der Waals surface area (Å²) in [6.45, 7) is 3.29. The fourth-order valence-electron chi connectivity index (χ4n) is 1.52. The summed E-state index contributed by atoms with van der Waals surface area (Å²) in [5.41, 5.74) is 2.78. The minimum atomic E-state index is 0.600. The van der Waals surface area contributed by atoms with Crippen molar-refractivity contribution in [3.8, 4) is 11.3 Å². The Hall–Kier alpha value is -2.01. The van der Waals surface area contributed by atoms with Gasteiger partial charge in [0.25, 0.3) is 0 Å². The first kappa shape index (κ1) is 12.4. The molecule has 0 aliphatic carbocycles. The summed E-state index contributed by atoms with van der Waals surface area (Å²) >= 11 is 0. The van der Waals surface area contributed by atoms with Crippen LogP contribution in [-0.4, -0.2) is 35.2 Å². The Balaban J connectivity index is 2.07. The number of methoxy groups -OCH3 is 1. The predicted molar refractivity (Wildman–Crippen MR) is 70.4 cm³/mol. The predicted octanol–water partition coefficient (Wildman–Crippen LogP) is 1.91. The Labute approximate surface area is 106 Å². The summed E-state index contributed by atoms with van der Waals surface area (Å²) in [6, 6.07) is 5.89. The normalized spacial score (nSPS) is 10.3. The fraction of sp³-hybridized carbons (Fsp3) is 0.308. The van der Waals surface area contributed by atoms with E-state index in [4.69, 9.17) is 4.74 Å². The quantitative estimate of drug-likeness (QED) is 0.814. The monoisotopic (exact) mass is 244 g/mol. The molecule has 94 valence electrons. The topological polar surface area (TPSA) is 59.9 Å². The minimum Gasteiger partial charge on any atom is -0.383 e. The van der Waals surface area contributed by atoms with Crippen molar-refractivity contribution in [3.63, 3.8) is 0 Å². The lowest BCUT2D eigenvalue weighted by atomic mass is 10.2. The van der Waals surface area contributed by atoms with Crippen molar-refractivity contribution in [1.29, 1.82) is 0 Å². The number of hydrogen-bond donors (Lipinski definition) is 1. The van der Waals surface area contributed by atoms with Crippen LogP contribution in [0.3, 0.4) is 0 Å². The lowest BCUT2D eigenvalue weighted by molar-refractivity contribution is 0.210. The van der Waals surface area contributed by atoms with Crippen molar-refractivity contribution in [2.24, 2.45) is 0 Å². The second-order valence-electron chi connectivity index (χ2n) is 3.88. The third kappa shape index (κ3) is 3.24. The number of anilines is 1. The summed E-state index contributed by atoms with van der Waals surface area (Å²) in [7, 11) is 1.66. The van der Waals surface area contributed by atoms with Gasteiger partial charge in [0.2, 0.25) is 5.95 Å². The summed E-state index contributed by atoms with van der Waals surface area (Å²) in [4.78, 5) is 12.9. The molecule has 0 amide bonds. The van der Waals surface area contributed by atoms with Gasteiger partial charge >= 0.3 is 0 Å². The maximum absolute atomic E-state index is 4.94. The molecule has 18 heavy (non-hydrogen) atoms. The van der Waals surface area contributed by atoms with E-state index >= 15 is 0 Å². The maximum Gasteiger partial charge on any atom is 0.222 e. The molecular weight excluding hydrogens is 228 g/mol. The van der Waals surface area contributed by atoms with Crippen LogP contribution in [0.4, 0.5) is 5.95 Å². The first-order valence-corrected chi connectivity index (χ1v) is 5.78. The average molecular weight is 244 g/mol. The van der Waals surface area contributed by atoms with E-state index in [1.807, 2.05) is 25.1 Å². The van der Waals surface area contributed by atoms with Crippen molar-refractivity contribution in [2.75, 3.05) is 25.6 Å². The van der Waals surface area contributed by atoms with Crippen molar-refractivity contribution >= 4 is 5.95 Å². The van der Waals surface area contributed by atoms with Crippen LogP contribution in [0.25, 0.3) is 11.3 Å². The smallest absolute Gasteiger partial charge is 0.222 e. The molecule has 0 aliphatic rings. The zero-order valence-corrected chi connectivity index (χ0v) is 10.6. The Morgan fingerprint density at radius 1 is 1.22 bits per heavy atom. The summed E-state index contributed by atoms with van der Waals surface area (Å²) in [5.74, 6) is 0.600. The van der Waals surface area contributed by atoms with Crippen LogP contribution in [-0.2, 0) is 4.74 Å². The molecular formula is C13H16N4O. The van der Waals surface area contributed by atoms with Gasteiger partial charge in [-0.05, 0) is 19.1 Å². The molecule has 0 spiro atoms. The van der Waals surface area contributed by atoms with Gasteiger partial charge in [0.15, 0.2) is 0 Å². The summed E-state index contributed by atoms with van der Waals surface area (Å²) < 4.78 is 4.94. The van der Waals surface area contributed by atoms with E-state index in [0.717, 1.165) is 17.0 Å². The lowest BCUT2D eigenvalue weighted by Crippen LogP contribution is -2.09. The number of pyridine rings is 1. The molecule has 1 N–H and O–H groups in total. The largest absolute Gasteiger partial charge is 0.383 e. The lowest BCUT2D eigenvalue weighted by Gasteiger charge is -2.05. The molecule has 0 saturated heterocycles. The second-order valence-corrected chi connectivity index (χ2v) is 3.88. The van der Waals surface area contributed by atoms with Gasteiger partial charge < -0.3 is 10.1 Å². The highest BCUT2D eigenvalue weighted by atomic mass is 16.5. The molecule has 0 bridgehead atoms. The Bertz CT molecular complexity index is 499. The summed E-state index contributed by atoms with van der Waals surface area (Å²) in [6.07, 6.45) is 3.54. The molecule has 0 unspecified atom stereocenters. The maximum atomic E-state index is 4.94. The van der Waals surface area contributed by atoms with E-state index in [9.17, 15) is 0 Å². The van der Waals surface area contributed by atoms with Crippen LogP contribution in [0, 0.1) is 6.92 Å². The van der Waals surface area contributed by atoms with Gasteiger partial charge in [0.05, 0.1) is 12.3 Å². The van der Waals surface area contributed by atoms with Gasteiger partial charge in [0.1, 0.15) is 0 Å². The van der Waals surface area contributed by atoms with Gasteiger partial charge in [-0.2, -0.15) is 0 Å². The fourth-order valence-corrected chi connectivity index (χ4v) is 1.52. The molecule has 0 atom stereocenters. The van der Waals surface area contributed by atoms with Crippen LogP contribution < -0.4 is 5.32 Å². The number of aryl methyl sites for hydroxylation is 1. The van der Waals surface area contributed by atoms with Crippen LogP contribution in [0.5, 0.6) is 0 Å². The molecule has 5 heteroatoms. The number of ether oxygens (including phenoxy) is 1. The van der Waals surface area contributed by atoms with Crippen LogP contribution >= 0.6 is 0 Å². The minimum absolute atomic E-state index is 0.600. The molecule has 2 rings (SSSR count). The van der Waals surface area contributed by atoms with Gasteiger partial charge in [-0.15, -0.1) is 0 Å². The molecule has 0 aromatic carbocycles. The van der Waals surface area contributed by atoms with Gasteiger partial charge in [-0.25, -0.2) is 9.97 Å². The van der Waals surface area contributed by atoms with E-state index in [1.54, 1.807) is 19.5 Å². The molecule has 2 aromatic rings. The van der Waals surface area contributed by atoms with E-state index in [2.05, 4.69) is 20.3 Å². The molecule has 0 fully saturated rings. The van der Waals surface area contributed by atoms with Gasteiger partial charge in [-0.3, -0.25) is 4.98 Å². The standard InChI is InChI=1S/C13H16N4O/c1-10-4-3-5-12(17-10)11-8-15-13(16-9-11)14-6-7-18-2/h3-5,8-9H,6-7H2,1-2H3,(H,14,15,16). The number of nitrogens with one attached hydrogen (secondary N) is 1. The highest BCUT2D eigenvalue weighted by molar-refractivity contribution is 5.57. The summed E-state index contributed by atoms with van der Waals surface area (Å²) in [5, 5.41) is 3.07.